The summed E-state index contributed by atoms with van der Waals surface area (Å²) in [6, 6.07) is 15.2. The summed E-state index contributed by atoms with van der Waals surface area (Å²) >= 11 is 1.69. The second kappa shape index (κ2) is 8.27. The Bertz CT molecular complexity index is 788. The van der Waals surface area contributed by atoms with Crippen LogP contribution in [0, 0.1) is 5.92 Å². The summed E-state index contributed by atoms with van der Waals surface area (Å²) < 4.78 is 0. The number of carbonyl (C=O) groups is 2. The van der Waals surface area contributed by atoms with Gasteiger partial charge >= 0.3 is 6.03 Å². The average molecular weight is 369 g/mol. The molecule has 0 spiro atoms. The lowest BCUT2D eigenvalue weighted by Gasteiger charge is -2.18. The van der Waals surface area contributed by atoms with Crippen LogP contribution in [-0.2, 0) is 11.3 Å². The average Bonchev–Trinajstić information content (AvgIpc) is 3.48. The van der Waals surface area contributed by atoms with Crippen molar-refractivity contribution in [3.8, 4) is 0 Å². The number of urea groups is 1. The van der Waals surface area contributed by atoms with E-state index in [1.807, 2.05) is 36.6 Å². The summed E-state index contributed by atoms with van der Waals surface area (Å²) in [7, 11) is 1.76. The molecular weight excluding hydrogens is 346 g/mol. The molecule has 3 rings (SSSR count). The standard InChI is InChI=1S/C20H23N3O2S/c1-23(13-14-6-10-18(26-2)11-7-14)20(25)22-17-5-3-4-16(12-17)21-19(24)15-8-9-15/h3-7,10-12,15H,8-9,13H2,1-2H3,(H,21,24)(H,22,25). The molecule has 3 amide bonds. The first-order valence-corrected chi connectivity index (χ1v) is 9.83. The molecule has 0 saturated heterocycles. The summed E-state index contributed by atoms with van der Waals surface area (Å²) in [6.07, 6.45) is 3.96. The lowest BCUT2D eigenvalue weighted by atomic mass is 10.2. The highest BCUT2D eigenvalue weighted by Gasteiger charge is 2.29. The largest absolute Gasteiger partial charge is 0.326 e. The van der Waals surface area contributed by atoms with Gasteiger partial charge in [-0.25, -0.2) is 4.79 Å². The van der Waals surface area contributed by atoms with E-state index in [0.29, 0.717) is 17.9 Å². The Labute approximate surface area is 158 Å². The van der Waals surface area contributed by atoms with Gasteiger partial charge in [-0.2, -0.15) is 0 Å². The zero-order valence-corrected chi connectivity index (χ0v) is 15.8. The summed E-state index contributed by atoms with van der Waals surface area (Å²) in [5.41, 5.74) is 2.44. The lowest BCUT2D eigenvalue weighted by Crippen LogP contribution is -2.30. The van der Waals surface area contributed by atoms with Crippen molar-refractivity contribution in [1.82, 2.24) is 4.90 Å². The van der Waals surface area contributed by atoms with Crippen LogP contribution in [0.2, 0.25) is 0 Å². The van der Waals surface area contributed by atoms with Crippen LogP contribution in [0.5, 0.6) is 0 Å². The highest BCUT2D eigenvalue weighted by atomic mass is 32.2. The highest BCUT2D eigenvalue weighted by molar-refractivity contribution is 7.98. The number of nitrogens with zero attached hydrogens (tertiary/aromatic N) is 1. The molecule has 26 heavy (non-hydrogen) atoms. The minimum absolute atomic E-state index is 0.0549. The second-order valence-electron chi connectivity index (χ2n) is 6.48. The number of rotatable bonds is 6. The number of carbonyl (C=O) groups excluding carboxylic acids is 2. The van der Waals surface area contributed by atoms with Gasteiger partial charge < -0.3 is 15.5 Å². The Morgan fingerprint density at radius 1 is 1.08 bits per heavy atom. The Hall–Kier alpha value is -2.47. The Balaban J connectivity index is 1.56. The molecular formula is C20H23N3O2S. The molecule has 5 nitrogen and oxygen atoms in total. The van der Waals surface area contributed by atoms with Gasteiger partial charge in [0, 0.05) is 35.8 Å². The molecule has 136 valence electrons. The third kappa shape index (κ3) is 5.02. The Kier molecular flexibility index (Phi) is 5.83. The summed E-state index contributed by atoms with van der Waals surface area (Å²) in [5.74, 6) is 0.205. The molecule has 1 aliphatic rings. The molecule has 0 unspecified atom stereocenters. The van der Waals surface area contributed by atoms with Gasteiger partial charge in [0.2, 0.25) is 5.91 Å². The van der Waals surface area contributed by atoms with Crippen LogP contribution < -0.4 is 10.6 Å². The van der Waals surface area contributed by atoms with Gasteiger partial charge in [0.05, 0.1) is 0 Å². The predicted octanol–water partition coefficient (Wildman–Crippen LogP) is 4.42. The SMILES string of the molecule is CSc1ccc(CN(C)C(=O)Nc2cccc(NC(=O)C3CC3)c2)cc1. The van der Waals surface area contributed by atoms with Gasteiger partial charge in [-0.1, -0.05) is 18.2 Å². The molecule has 0 aliphatic heterocycles. The smallest absolute Gasteiger partial charge is 0.321 e. The number of hydrogen-bond acceptors (Lipinski definition) is 3. The van der Waals surface area contributed by atoms with E-state index >= 15 is 0 Å². The van der Waals surface area contributed by atoms with Crippen LogP contribution in [-0.4, -0.2) is 30.1 Å². The second-order valence-corrected chi connectivity index (χ2v) is 7.36. The van der Waals surface area contributed by atoms with Gasteiger partial charge in [-0.15, -0.1) is 11.8 Å². The maximum Gasteiger partial charge on any atom is 0.321 e. The fraction of sp³-hybridized carbons (Fsp3) is 0.300. The number of anilines is 2. The molecule has 2 N–H and O–H groups in total. The Morgan fingerprint density at radius 2 is 1.73 bits per heavy atom. The number of benzene rings is 2. The normalized spacial score (nSPS) is 13.2. The molecule has 0 aromatic heterocycles. The van der Waals surface area contributed by atoms with Crippen molar-refractivity contribution in [1.29, 1.82) is 0 Å². The molecule has 2 aromatic carbocycles. The summed E-state index contributed by atoms with van der Waals surface area (Å²) in [5, 5.41) is 5.77. The van der Waals surface area contributed by atoms with Crippen molar-refractivity contribution in [2.45, 2.75) is 24.3 Å². The van der Waals surface area contributed by atoms with Crippen LogP contribution in [0.1, 0.15) is 18.4 Å². The zero-order chi connectivity index (χ0) is 18.5. The lowest BCUT2D eigenvalue weighted by molar-refractivity contribution is -0.117. The fourth-order valence-corrected chi connectivity index (χ4v) is 2.97. The van der Waals surface area contributed by atoms with Gasteiger partial charge in [-0.3, -0.25) is 4.79 Å². The predicted molar refractivity (Wildman–Crippen MR) is 107 cm³/mol. The van der Waals surface area contributed by atoms with Gasteiger partial charge in [0.25, 0.3) is 0 Å². The van der Waals surface area contributed by atoms with Gasteiger partial charge in [0.15, 0.2) is 0 Å². The molecule has 6 heteroatoms. The minimum Gasteiger partial charge on any atom is -0.326 e. The topological polar surface area (TPSA) is 61.4 Å². The fourth-order valence-electron chi connectivity index (χ4n) is 2.56. The third-order valence-corrected chi connectivity index (χ3v) is 5.00. The van der Waals surface area contributed by atoms with E-state index in [9.17, 15) is 9.59 Å². The van der Waals surface area contributed by atoms with Gasteiger partial charge in [0.1, 0.15) is 0 Å². The third-order valence-electron chi connectivity index (χ3n) is 4.26. The first-order chi connectivity index (χ1) is 12.5. The molecule has 1 fully saturated rings. The van der Waals surface area contributed by atoms with Crippen LogP contribution >= 0.6 is 11.8 Å². The van der Waals surface area contributed by atoms with Crippen molar-refractivity contribution in [2.75, 3.05) is 23.9 Å². The molecule has 1 saturated carbocycles. The van der Waals surface area contributed by atoms with E-state index < -0.39 is 0 Å². The molecule has 1 aliphatic carbocycles. The quantitative estimate of drug-likeness (QED) is 0.741. The van der Waals surface area contributed by atoms with E-state index in [1.54, 1.807) is 29.8 Å². The van der Waals surface area contributed by atoms with E-state index in [4.69, 9.17) is 0 Å². The van der Waals surface area contributed by atoms with Crippen molar-refractivity contribution in [2.24, 2.45) is 5.92 Å². The Morgan fingerprint density at radius 3 is 2.35 bits per heavy atom. The molecule has 2 aromatic rings. The van der Waals surface area contributed by atoms with Crippen LogP contribution in [0.15, 0.2) is 53.4 Å². The molecule has 0 bridgehead atoms. The van der Waals surface area contributed by atoms with Gasteiger partial charge in [-0.05, 0) is 55.0 Å². The summed E-state index contributed by atoms with van der Waals surface area (Å²) in [4.78, 5) is 27.1. The monoisotopic (exact) mass is 369 g/mol. The number of amides is 3. The minimum atomic E-state index is -0.190. The highest BCUT2D eigenvalue weighted by Crippen LogP contribution is 2.30. The van der Waals surface area contributed by atoms with Crippen molar-refractivity contribution in [3.05, 3.63) is 54.1 Å². The summed E-state index contributed by atoms with van der Waals surface area (Å²) in [6.45, 7) is 0.526. The first-order valence-electron chi connectivity index (χ1n) is 8.61. The van der Waals surface area contributed by atoms with Crippen molar-refractivity contribution < 1.29 is 9.59 Å². The number of thioether (sulfide) groups is 1. The van der Waals surface area contributed by atoms with Crippen molar-refractivity contribution in [3.63, 3.8) is 0 Å². The molecule has 0 atom stereocenters. The van der Waals surface area contributed by atoms with E-state index in [-0.39, 0.29) is 17.9 Å². The molecule has 0 radical (unpaired) electrons. The number of hydrogen-bond donors (Lipinski definition) is 2. The molecule has 0 heterocycles. The van der Waals surface area contributed by atoms with E-state index in [0.717, 1.165) is 18.4 Å². The first kappa shape index (κ1) is 18.3. The van der Waals surface area contributed by atoms with Crippen LogP contribution in [0.25, 0.3) is 0 Å². The van der Waals surface area contributed by atoms with E-state index in [2.05, 4.69) is 22.8 Å². The van der Waals surface area contributed by atoms with E-state index in [1.165, 1.54) is 4.90 Å². The zero-order valence-electron chi connectivity index (χ0n) is 15.0. The maximum atomic E-state index is 12.4. The number of nitrogens with one attached hydrogen (secondary N) is 2. The van der Waals surface area contributed by atoms with Crippen LogP contribution in [0.4, 0.5) is 16.2 Å². The van der Waals surface area contributed by atoms with Crippen molar-refractivity contribution >= 4 is 35.1 Å². The van der Waals surface area contributed by atoms with Crippen LogP contribution in [0.3, 0.4) is 0 Å². The maximum absolute atomic E-state index is 12.4.